The van der Waals surface area contributed by atoms with E-state index < -0.39 is 0 Å². The quantitative estimate of drug-likeness (QED) is 0.735. The molecular weight excluding hydrogens is 290 g/mol. The predicted octanol–water partition coefficient (Wildman–Crippen LogP) is 2.40. The van der Waals surface area contributed by atoms with Gasteiger partial charge in [-0.2, -0.15) is 5.10 Å². The number of para-hydroxylation sites is 1. The summed E-state index contributed by atoms with van der Waals surface area (Å²) in [6, 6.07) is 7.72. The predicted molar refractivity (Wildman–Crippen MR) is 89.1 cm³/mol. The molecule has 6 heteroatoms. The molecular formula is C17H17N5O. The third kappa shape index (κ3) is 2.69. The van der Waals surface area contributed by atoms with Crippen molar-refractivity contribution in [3.05, 3.63) is 41.9 Å². The molecule has 2 aromatic heterocycles. The lowest BCUT2D eigenvalue weighted by Gasteiger charge is -2.05. The molecule has 0 saturated carbocycles. The fourth-order valence-electron chi connectivity index (χ4n) is 2.32. The largest absolute Gasteiger partial charge is 0.495 e. The van der Waals surface area contributed by atoms with Crippen LogP contribution in [0.1, 0.15) is 31.1 Å². The van der Waals surface area contributed by atoms with Gasteiger partial charge in [-0.05, 0) is 31.9 Å². The van der Waals surface area contributed by atoms with Gasteiger partial charge >= 0.3 is 0 Å². The highest BCUT2D eigenvalue weighted by Crippen LogP contribution is 2.23. The van der Waals surface area contributed by atoms with Crippen LogP contribution in [0.5, 0.6) is 5.75 Å². The number of anilines is 1. The van der Waals surface area contributed by atoms with Crippen molar-refractivity contribution in [2.75, 3.05) is 12.8 Å². The molecule has 0 fully saturated rings. The molecule has 0 saturated heterocycles. The minimum Gasteiger partial charge on any atom is -0.495 e. The maximum Gasteiger partial charge on any atom is 0.164 e. The maximum atomic E-state index is 6.00. The zero-order chi connectivity index (χ0) is 16.4. The molecule has 23 heavy (non-hydrogen) atoms. The lowest BCUT2D eigenvalue weighted by molar-refractivity contribution is 0.413. The highest BCUT2D eigenvalue weighted by molar-refractivity contribution is 5.90. The summed E-state index contributed by atoms with van der Waals surface area (Å²) in [6.07, 6.45) is 1.44. The van der Waals surface area contributed by atoms with E-state index in [4.69, 9.17) is 10.5 Å². The minimum atomic E-state index is 0.147. The number of hydrogen-bond donors (Lipinski definition) is 1. The van der Waals surface area contributed by atoms with Crippen molar-refractivity contribution in [1.29, 1.82) is 0 Å². The van der Waals surface area contributed by atoms with Crippen LogP contribution < -0.4 is 10.5 Å². The van der Waals surface area contributed by atoms with Crippen molar-refractivity contribution in [2.45, 2.75) is 19.9 Å². The fraction of sp³-hybridized carbons (Fsp3) is 0.235. The van der Waals surface area contributed by atoms with E-state index in [-0.39, 0.29) is 6.04 Å². The SMILES string of the molecule is COc1ccccc1C#Cc1nn(C(C)C)c2ncnc(N)c12. The molecule has 116 valence electrons. The number of nitrogens with two attached hydrogens (primary N) is 1. The van der Waals surface area contributed by atoms with E-state index in [1.807, 2.05) is 38.1 Å². The molecule has 0 aliphatic carbocycles. The van der Waals surface area contributed by atoms with Gasteiger partial charge in [0.2, 0.25) is 0 Å². The van der Waals surface area contributed by atoms with Gasteiger partial charge in [0, 0.05) is 6.04 Å². The summed E-state index contributed by atoms with van der Waals surface area (Å²) in [5.74, 6) is 7.26. The number of hydrogen-bond acceptors (Lipinski definition) is 5. The molecule has 0 spiro atoms. The van der Waals surface area contributed by atoms with Crippen molar-refractivity contribution < 1.29 is 4.74 Å². The standard InChI is InChI=1S/C17H17N5O/c1-11(2)22-17-15(16(18)19-10-20-17)13(21-22)9-8-12-6-4-5-7-14(12)23-3/h4-7,10-11H,1-3H3,(H2,18,19,20). The van der Waals surface area contributed by atoms with Gasteiger partial charge in [-0.15, -0.1) is 0 Å². The average Bonchev–Trinajstić information content (AvgIpc) is 2.93. The Labute approximate surface area is 134 Å². The molecule has 6 nitrogen and oxygen atoms in total. The van der Waals surface area contributed by atoms with Gasteiger partial charge in [0.05, 0.1) is 18.1 Å². The summed E-state index contributed by atoms with van der Waals surface area (Å²) in [5.41, 5.74) is 8.05. The molecule has 0 aliphatic heterocycles. The maximum absolute atomic E-state index is 6.00. The molecule has 3 aromatic rings. The number of fused-ring (bicyclic) bond motifs is 1. The van der Waals surface area contributed by atoms with Crippen LogP contribution in [-0.2, 0) is 0 Å². The molecule has 0 bridgehead atoms. The molecule has 1 aromatic carbocycles. The van der Waals surface area contributed by atoms with Crippen LogP contribution in [0.3, 0.4) is 0 Å². The summed E-state index contributed by atoms with van der Waals surface area (Å²) >= 11 is 0. The van der Waals surface area contributed by atoms with E-state index in [9.17, 15) is 0 Å². The van der Waals surface area contributed by atoms with Crippen LogP contribution in [0.4, 0.5) is 5.82 Å². The molecule has 0 aliphatic rings. The summed E-state index contributed by atoms with van der Waals surface area (Å²) in [5, 5.41) is 5.22. The van der Waals surface area contributed by atoms with E-state index in [2.05, 4.69) is 26.9 Å². The van der Waals surface area contributed by atoms with Gasteiger partial charge in [0.25, 0.3) is 0 Å². The Kier molecular flexibility index (Phi) is 3.85. The Hall–Kier alpha value is -3.07. The van der Waals surface area contributed by atoms with Crippen molar-refractivity contribution in [3.63, 3.8) is 0 Å². The molecule has 2 heterocycles. The van der Waals surface area contributed by atoms with Gasteiger partial charge in [0.1, 0.15) is 23.6 Å². The Morgan fingerprint density at radius 1 is 1.17 bits per heavy atom. The Morgan fingerprint density at radius 3 is 2.70 bits per heavy atom. The molecule has 0 amide bonds. The van der Waals surface area contributed by atoms with Crippen LogP contribution in [0, 0.1) is 11.8 Å². The summed E-state index contributed by atoms with van der Waals surface area (Å²) < 4.78 is 7.12. The smallest absolute Gasteiger partial charge is 0.164 e. The topological polar surface area (TPSA) is 78.8 Å². The number of ether oxygens (including phenoxy) is 1. The van der Waals surface area contributed by atoms with Crippen LogP contribution in [0.15, 0.2) is 30.6 Å². The second-order valence-corrected chi connectivity index (χ2v) is 5.29. The second-order valence-electron chi connectivity index (χ2n) is 5.29. The third-order valence-corrected chi connectivity index (χ3v) is 3.43. The molecule has 0 radical (unpaired) electrons. The van der Waals surface area contributed by atoms with Crippen molar-refractivity contribution >= 4 is 16.9 Å². The highest BCUT2D eigenvalue weighted by Gasteiger charge is 2.15. The van der Waals surface area contributed by atoms with Gasteiger partial charge < -0.3 is 10.5 Å². The zero-order valence-electron chi connectivity index (χ0n) is 13.2. The summed E-state index contributed by atoms with van der Waals surface area (Å²) in [4.78, 5) is 8.34. The van der Waals surface area contributed by atoms with Crippen LogP contribution in [0.25, 0.3) is 11.0 Å². The number of nitrogen functional groups attached to an aromatic ring is 1. The van der Waals surface area contributed by atoms with E-state index in [0.29, 0.717) is 22.5 Å². The van der Waals surface area contributed by atoms with Crippen molar-refractivity contribution in [3.8, 4) is 17.6 Å². The minimum absolute atomic E-state index is 0.147. The van der Waals surface area contributed by atoms with Crippen LogP contribution in [0.2, 0.25) is 0 Å². The first-order valence-electron chi connectivity index (χ1n) is 7.25. The third-order valence-electron chi connectivity index (χ3n) is 3.43. The summed E-state index contributed by atoms with van der Waals surface area (Å²) in [6.45, 7) is 4.06. The Bertz CT molecular complexity index is 918. The number of methoxy groups -OCH3 is 1. The Balaban J connectivity index is 2.17. The normalized spacial score (nSPS) is 10.6. The molecule has 2 N–H and O–H groups in total. The molecule has 0 unspecified atom stereocenters. The van der Waals surface area contributed by atoms with Gasteiger partial charge in [-0.3, -0.25) is 0 Å². The second kappa shape index (κ2) is 5.97. The van der Waals surface area contributed by atoms with E-state index >= 15 is 0 Å². The van der Waals surface area contributed by atoms with Gasteiger partial charge in [-0.25, -0.2) is 14.6 Å². The van der Waals surface area contributed by atoms with E-state index in [0.717, 1.165) is 11.3 Å². The number of aromatic nitrogens is 4. The zero-order valence-corrected chi connectivity index (χ0v) is 13.2. The first kappa shape index (κ1) is 14.9. The first-order chi connectivity index (χ1) is 11.1. The number of rotatable bonds is 2. The lowest BCUT2D eigenvalue weighted by Crippen LogP contribution is -2.04. The van der Waals surface area contributed by atoms with E-state index in [1.165, 1.54) is 6.33 Å². The first-order valence-corrected chi connectivity index (χ1v) is 7.25. The van der Waals surface area contributed by atoms with E-state index in [1.54, 1.807) is 11.8 Å². The Morgan fingerprint density at radius 2 is 1.96 bits per heavy atom. The van der Waals surface area contributed by atoms with Gasteiger partial charge in [-0.1, -0.05) is 18.1 Å². The number of benzene rings is 1. The fourth-order valence-corrected chi connectivity index (χ4v) is 2.32. The number of nitrogens with zero attached hydrogens (tertiary/aromatic N) is 4. The highest BCUT2D eigenvalue weighted by atomic mass is 16.5. The lowest BCUT2D eigenvalue weighted by atomic mass is 10.2. The monoisotopic (exact) mass is 307 g/mol. The van der Waals surface area contributed by atoms with Crippen LogP contribution in [-0.4, -0.2) is 26.9 Å². The molecule has 3 rings (SSSR count). The molecule has 0 atom stereocenters. The van der Waals surface area contributed by atoms with Gasteiger partial charge in [0.15, 0.2) is 5.65 Å². The van der Waals surface area contributed by atoms with Crippen LogP contribution >= 0.6 is 0 Å². The van der Waals surface area contributed by atoms with Crippen molar-refractivity contribution in [2.24, 2.45) is 0 Å². The summed E-state index contributed by atoms with van der Waals surface area (Å²) in [7, 11) is 1.62. The average molecular weight is 307 g/mol. The van der Waals surface area contributed by atoms with Crippen molar-refractivity contribution in [1.82, 2.24) is 19.7 Å².